The Balaban J connectivity index is 1.83. The standard InChI is InChI=1S/C12H17NO2/c1-8-2-3-11(15-8)12-9-5-7-14-10(9)4-6-13-12/h5,7-8,11-13H,2-4,6H2,1H3. The van der Waals surface area contributed by atoms with Crippen molar-refractivity contribution in [3.05, 3.63) is 23.7 Å². The van der Waals surface area contributed by atoms with Gasteiger partial charge in [0.2, 0.25) is 0 Å². The second-order valence-corrected chi connectivity index (χ2v) is 4.54. The van der Waals surface area contributed by atoms with E-state index < -0.39 is 0 Å². The number of fused-ring (bicyclic) bond motifs is 1. The monoisotopic (exact) mass is 207 g/mol. The van der Waals surface area contributed by atoms with E-state index in [-0.39, 0.29) is 0 Å². The van der Waals surface area contributed by atoms with Gasteiger partial charge in [-0.3, -0.25) is 0 Å². The first-order valence-corrected chi connectivity index (χ1v) is 5.79. The molecule has 0 spiro atoms. The van der Waals surface area contributed by atoms with Crippen molar-refractivity contribution in [1.82, 2.24) is 5.32 Å². The summed E-state index contributed by atoms with van der Waals surface area (Å²) in [6, 6.07) is 2.43. The fraction of sp³-hybridized carbons (Fsp3) is 0.667. The highest BCUT2D eigenvalue weighted by Gasteiger charge is 2.34. The van der Waals surface area contributed by atoms with Crippen LogP contribution in [0.15, 0.2) is 16.7 Å². The van der Waals surface area contributed by atoms with Crippen LogP contribution in [0.3, 0.4) is 0 Å². The van der Waals surface area contributed by atoms with Crippen molar-refractivity contribution in [1.29, 1.82) is 0 Å². The number of hydrogen-bond acceptors (Lipinski definition) is 3. The molecule has 15 heavy (non-hydrogen) atoms. The Hall–Kier alpha value is -0.800. The van der Waals surface area contributed by atoms with Crippen LogP contribution in [0, 0.1) is 0 Å². The molecule has 0 saturated carbocycles. The highest BCUT2D eigenvalue weighted by Crippen LogP contribution is 2.34. The van der Waals surface area contributed by atoms with Crippen LogP contribution in [0.2, 0.25) is 0 Å². The van der Waals surface area contributed by atoms with Gasteiger partial charge in [-0.2, -0.15) is 0 Å². The van der Waals surface area contributed by atoms with E-state index in [1.54, 1.807) is 6.26 Å². The molecule has 3 atom stereocenters. The minimum absolute atomic E-state index is 0.330. The molecule has 1 N–H and O–H groups in total. The van der Waals surface area contributed by atoms with Gasteiger partial charge in [0.1, 0.15) is 5.76 Å². The Morgan fingerprint density at radius 1 is 1.40 bits per heavy atom. The number of furan rings is 1. The van der Waals surface area contributed by atoms with Gasteiger partial charge >= 0.3 is 0 Å². The molecule has 3 heteroatoms. The van der Waals surface area contributed by atoms with E-state index in [2.05, 4.69) is 18.3 Å². The van der Waals surface area contributed by atoms with Crippen molar-refractivity contribution < 1.29 is 9.15 Å². The van der Waals surface area contributed by atoms with Gasteiger partial charge in [0.15, 0.2) is 0 Å². The van der Waals surface area contributed by atoms with Crippen LogP contribution in [-0.2, 0) is 11.2 Å². The van der Waals surface area contributed by atoms with Crippen LogP contribution in [0.4, 0.5) is 0 Å². The Morgan fingerprint density at radius 3 is 3.13 bits per heavy atom. The minimum Gasteiger partial charge on any atom is -0.469 e. The van der Waals surface area contributed by atoms with E-state index in [4.69, 9.17) is 9.15 Å². The van der Waals surface area contributed by atoms with Crippen molar-refractivity contribution in [3.63, 3.8) is 0 Å². The van der Waals surface area contributed by atoms with E-state index in [1.165, 1.54) is 12.0 Å². The predicted molar refractivity (Wildman–Crippen MR) is 56.7 cm³/mol. The molecule has 3 rings (SSSR count). The molecule has 2 aliphatic heterocycles. The van der Waals surface area contributed by atoms with Crippen molar-refractivity contribution in [2.45, 2.75) is 44.4 Å². The summed E-state index contributed by atoms with van der Waals surface area (Å²) in [6.07, 6.45) is 5.87. The number of nitrogens with one attached hydrogen (secondary N) is 1. The van der Waals surface area contributed by atoms with Gasteiger partial charge < -0.3 is 14.5 Å². The van der Waals surface area contributed by atoms with Gasteiger partial charge in [-0.15, -0.1) is 0 Å². The van der Waals surface area contributed by atoms with Gasteiger partial charge in [-0.25, -0.2) is 0 Å². The normalized spacial score (nSPS) is 35.4. The van der Waals surface area contributed by atoms with Crippen molar-refractivity contribution in [2.75, 3.05) is 6.54 Å². The molecule has 3 nitrogen and oxygen atoms in total. The van der Waals surface area contributed by atoms with E-state index in [0.717, 1.165) is 25.1 Å². The zero-order chi connectivity index (χ0) is 10.3. The van der Waals surface area contributed by atoms with E-state index in [1.807, 2.05) is 0 Å². The number of rotatable bonds is 1. The molecule has 82 valence electrons. The third-order valence-electron chi connectivity index (χ3n) is 3.47. The molecule has 0 aliphatic carbocycles. The summed E-state index contributed by atoms with van der Waals surface area (Å²) >= 11 is 0. The summed E-state index contributed by atoms with van der Waals surface area (Å²) < 4.78 is 11.4. The second-order valence-electron chi connectivity index (χ2n) is 4.54. The van der Waals surface area contributed by atoms with Crippen LogP contribution >= 0.6 is 0 Å². The lowest BCUT2D eigenvalue weighted by Crippen LogP contribution is -2.37. The zero-order valence-corrected chi connectivity index (χ0v) is 9.03. The highest BCUT2D eigenvalue weighted by molar-refractivity contribution is 5.25. The number of hydrogen-bond donors (Lipinski definition) is 1. The maximum absolute atomic E-state index is 5.92. The molecule has 0 aromatic carbocycles. The summed E-state index contributed by atoms with van der Waals surface area (Å²) in [6.45, 7) is 3.15. The maximum atomic E-state index is 5.92. The molecule has 0 amide bonds. The van der Waals surface area contributed by atoms with Crippen molar-refractivity contribution in [2.24, 2.45) is 0 Å². The Labute approximate surface area is 89.8 Å². The fourth-order valence-electron chi connectivity index (χ4n) is 2.69. The molecule has 1 fully saturated rings. The van der Waals surface area contributed by atoms with Crippen LogP contribution in [0.25, 0.3) is 0 Å². The van der Waals surface area contributed by atoms with Gasteiger partial charge in [0.25, 0.3) is 0 Å². The van der Waals surface area contributed by atoms with E-state index >= 15 is 0 Å². The molecule has 0 bridgehead atoms. The highest BCUT2D eigenvalue weighted by atomic mass is 16.5. The summed E-state index contributed by atoms with van der Waals surface area (Å²) in [4.78, 5) is 0. The molecule has 1 aromatic heterocycles. The third-order valence-corrected chi connectivity index (χ3v) is 3.47. The van der Waals surface area contributed by atoms with E-state index in [0.29, 0.717) is 18.2 Å². The lowest BCUT2D eigenvalue weighted by molar-refractivity contribution is 0.0296. The minimum atomic E-state index is 0.330. The summed E-state index contributed by atoms with van der Waals surface area (Å²) in [7, 11) is 0. The third kappa shape index (κ3) is 1.60. The second kappa shape index (κ2) is 3.65. The first-order valence-electron chi connectivity index (χ1n) is 5.79. The zero-order valence-electron chi connectivity index (χ0n) is 9.03. The summed E-state index contributed by atoms with van der Waals surface area (Å²) in [5.41, 5.74) is 1.31. The van der Waals surface area contributed by atoms with Crippen LogP contribution in [0.1, 0.15) is 37.1 Å². The number of ether oxygens (including phenoxy) is 1. The Bertz CT molecular complexity index is 347. The smallest absolute Gasteiger partial charge is 0.109 e. The topological polar surface area (TPSA) is 34.4 Å². The average Bonchev–Trinajstić information content (AvgIpc) is 2.84. The van der Waals surface area contributed by atoms with Crippen LogP contribution in [0.5, 0.6) is 0 Å². The van der Waals surface area contributed by atoms with E-state index in [9.17, 15) is 0 Å². The quantitative estimate of drug-likeness (QED) is 0.765. The molecule has 1 saturated heterocycles. The molecular formula is C12H17NO2. The molecule has 2 aliphatic rings. The largest absolute Gasteiger partial charge is 0.469 e. The molecular weight excluding hydrogens is 190 g/mol. The molecule has 3 heterocycles. The average molecular weight is 207 g/mol. The summed E-state index contributed by atoms with van der Waals surface area (Å²) in [5.74, 6) is 1.14. The van der Waals surface area contributed by atoms with Gasteiger partial charge in [0, 0.05) is 18.5 Å². The lowest BCUT2D eigenvalue weighted by atomic mass is 9.95. The van der Waals surface area contributed by atoms with Crippen LogP contribution < -0.4 is 5.32 Å². The summed E-state index contributed by atoms with van der Waals surface area (Å²) in [5, 5.41) is 3.54. The lowest BCUT2D eigenvalue weighted by Gasteiger charge is -2.28. The van der Waals surface area contributed by atoms with Gasteiger partial charge in [0.05, 0.1) is 24.5 Å². The Kier molecular flexibility index (Phi) is 2.29. The molecule has 0 radical (unpaired) electrons. The SMILES string of the molecule is CC1CCC(C2NCCc3occc32)O1. The predicted octanol–water partition coefficient (Wildman–Crippen LogP) is 2.03. The first-order chi connectivity index (χ1) is 7.34. The van der Waals surface area contributed by atoms with Crippen molar-refractivity contribution in [3.8, 4) is 0 Å². The molecule has 1 aromatic rings. The molecule has 3 unspecified atom stereocenters. The first kappa shape index (κ1) is 9.43. The van der Waals surface area contributed by atoms with Gasteiger partial charge in [-0.1, -0.05) is 0 Å². The van der Waals surface area contributed by atoms with Crippen LogP contribution in [-0.4, -0.2) is 18.8 Å². The van der Waals surface area contributed by atoms with Crippen molar-refractivity contribution >= 4 is 0 Å². The Morgan fingerprint density at radius 2 is 2.33 bits per heavy atom. The van der Waals surface area contributed by atoms with Gasteiger partial charge in [-0.05, 0) is 25.8 Å². The maximum Gasteiger partial charge on any atom is 0.109 e. The fourth-order valence-corrected chi connectivity index (χ4v) is 2.69.